The van der Waals surface area contributed by atoms with Gasteiger partial charge in [-0.3, -0.25) is 0 Å². The molecular formula is C13H22N2O. The minimum absolute atomic E-state index is 0.610. The van der Waals surface area contributed by atoms with Gasteiger partial charge in [0.15, 0.2) is 0 Å². The summed E-state index contributed by atoms with van der Waals surface area (Å²) >= 11 is 0. The van der Waals surface area contributed by atoms with Crippen molar-refractivity contribution in [2.24, 2.45) is 0 Å². The van der Waals surface area contributed by atoms with Crippen LogP contribution < -0.4 is 10.6 Å². The molecule has 3 N–H and O–H groups in total. The van der Waals surface area contributed by atoms with E-state index in [1.54, 1.807) is 0 Å². The summed E-state index contributed by atoms with van der Waals surface area (Å²) in [5.74, 6) is 0. The van der Waals surface area contributed by atoms with Crippen LogP contribution in [0.3, 0.4) is 0 Å². The molecule has 0 aromatic heterocycles. The minimum Gasteiger partial charge on any atom is -0.399 e. The van der Waals surface area contributed by atoms with E-state index >= 15 is 0 Å². The molecule has 3 nitrogen and oxygen atoms in total. The van der Waals surface area contributed by atoms with Crippen molar-refractivity contribution in [3.63, 3.8) is 0 Å². The van der Waals surface area contributed by atoms with Crippen LogP contribution in [0.25, 0.3) is 0 Å². The molecule has 0 saturated carbocycles. The molecule has 1 aromatic rings. The zero-order chi connectivity index (χ0) is 12.2. The molecule has 90 valence electrons. The average molecular weight is 222 g/mol. The van der Waals surface area contributed by atoms with Crippen molar-refractivity contribution in [1.29, 1.82) is 0 Å². The van der Waals surface area contributed by atoms with E-state index in [2.05, 4.69) is 11.8 Å². The molecular weight excluding hydrogens is 200 g/mol. The third-order valence-corrected chi connectivity index (χ3v) is 2.63. The summed E-state index contributed by atoms with van der Waals surface area (Å²) in [5, 5.41) is 9.71. The summed E-state index contributed by atoms with van der Waals surface area (Å²) in [4.78, 5) is 2.23. The van der Waals surface area contributed by atoms with Crippen molar-refractivity contribution in [3.05, 3.63) is 24.3 Å². The molecule has 0 aliphatic carbocycles. The lowest BCUT2D eigenvalue weighted by Crippen LogP contribution is -2.30. The number of anilines is 2. The number of nitrogen functional groups attached to an aromatic ring is 1. The van der Waals surface area contributed by atoms with Gasteiger partial charge < -0.3 is 15.7 Å². The van der Waals surface area contributed by atoms with Gasteiger partial charge in [0.2, 0.25) is 0 Å². The molecule has 1 rings (SSSR count). The van der Waals surface area contributed by atoms with Gasteiger partial charge in [-0.15, -0.1) is 0 Å². The second kappa shape index (κ2) is 5.21. The van der Waals surface area contributed by atoms with E-state index in [0.717, 1.165) is 30.9 Å². The van der Waals surface area contributed by atoms with Crippen molar-refractivity contribution < 1.29 is 5.11 Å². The Morgan fingerprint density at radius 1 is 1.25 bits per heavy atom. The number of nitrogens with zero attached hydrogens (tertiary/aromatic N) is 1. The van der Waals surface area contributed by atoms with Crippen molar-refractivity contribution >= 4 is 11.4 Å². The second-order valence-corrected chi connectivity index (χ2v) is 4.73. The molecule has 0 heterocycles. The van der Waals surface area contributed by atoms with Gasteiger partial charge in [0.25, 0.3) is 0 Å². The molecule has 0 amide bonds. The van der Waals surface area contributed by atoms with Gasteiger partial charge in [0, 0.05) is 24.5 Å². The number of rotatable bonds is 5. The smallest absolute Gasteiger partial charge is 0.0608 e. The van der Waals surface area contributed by atoms with Crippen LogP contribution in [-0.4, -0.2) is 23.8 Å². The fourth-order valence-electron chi connectivity index (χ4n) is 1.56. The average Bonchev–Trinajstić information content (AvgIpc) is 2.20. The normalized spacial score (nSPS) is 11.5. The van der Waals surface area contributed by atoms with Crippen LogP contribution in [0.2, 0.25) is 0 Å². The standard InChI is InChI=1S/C13H22N2O/c1-4-15(10-9-13(2,3)16)12-7-5-11(14)6-8-12/h5-8,16H,4,9-10,14H2,1-3H3. The van der Waals surface area contributed by atoms with E-state index < -0.39 is 5.60 Å². The largest absolute Gasteiger partial charge is 0.399 e. The molecule has 0 unspecified atom stereocenters. The molecule has 0 aliphatic heterocycles. The SMILES string of the molecule is CCN(CCC(C)(C)O)c1ccc(N)cc1. The van der Waals surface area contributed by atoms with Crippen LogP contribution in [0.5, 0.6) is 0 Å². The Kier molecular flexibility index (Phi) is 4.19. The van der Waals surface area contributed by atoms with Gasteiger partial charge in [0.05, 0.1) is 5.60 Å². The maximum absolute atomic E-state index is 9.71. The van der Waals surface area contributed by atoms with Crippen LogP contribution in [0.15, 0.2) is 24.3 Å². The van der Waals surface area contributed by atoms with Crippen molar-refractivity contribution in [3.8, 4) is 0 Å². The van der Waals surface area contributed by atoms with Crippen LogP contribution in [0, 0.1) is 0 Å². The first-order valence-electron chi connectivity index (χ1n) is 5.75. The van der Waals surface area contributed by atoms with Gasteiger partial charge in [0.1, 0.15) is 0 Å². The van der Waals surface area contributed by atoms with Crippen molar-refractivity contribution in [1.82, 2.24) is 0 Å². The van der Waals surface area contributed by atoms with E-state index in [1.165, 1.54) is 0 Å². The number of aliphatic hydroxyl groups is 1. The first-order valence-corrected chi connectivity index (χ1v) is 5.75. The quantitative estimate of drug-likeness (QED) is 0.751. The second-order valence-electron chi connectivity index (χ2n) is 4.73. The Morgan fingerprint density at radius 2 is 1.81 bits per heavy atom. The summed E-state index contributed by atoms with van der Waals surface area (Å²) in [6.07, 6.45) is 0.755. The molecule has 0 aliphatic rings. The van der Waals surface area contributed by atoms with Crippen LogP contribution in [0.1, 0.15) is 27.2 Å². The molecule has 0 fully saturated rings. The lowest BCUT2D eigenvalue weighted by atomic mass is 10.1. The van der Waals surface area contributed by atoms with Crippen LogP contribution in [0.4, 0.5) is 11.4 Å². The van der Waals surface area contributed by atoms with Crippen molar-refractivity contribution in [2.75, 3.05) is 23.7 Å². The summed E-state index contributed by atoms with van der Waals surface area (Å²) < 4.78 is 0. The molecule has 0 atom stereocenters. The Morgan fingerprint density at radius 3 is 2.25 bits per heavy atom. The van der Waals surface area contributed by atoms with Crippen molar-refractivity contribution in [2.45, 2.75) is 32.8 Å². The molecule has 0 bridgehead atoms. The predicted octanol–water partition coefficient (Wildman–Crippen LogP) is 2.26. The van der Waals surface area contributed by atoms with E-state index in [-0.39, 0.29) is 0 Å². The topological polar surface area (TPSA) is 49.5 Å². The zero-order valence-electron chi connectivity index (χ0n) is 10.4. The molecule has 16 heavy (non-hydrogen) atoms. The zero-order valence-corrected chi connectivity index (χ0v) is 10.4. The van der Waals surface area contributed by atoms with E-state index in [0.29, 0.717) is 0 Å². The van der Waals surface area contributed by atoms with Gasteiger partial charge in [-0.1, -0.05) is 0 Å². The molecule has 0 radical (unpaired) electrons. The van der Waals surface area contributed by atoms with Gasteiger partial charge in [-0.25, -0.2) is 0 Å². The van der Waals surface area contributed by atoms with Crippen LogP contribution >= 0.6 is 0 Å². The Hall–Kier alpha value is -1.22. The Labute approximate surface area is 97.9 Å². The number of hydrogen-bond donors (Lipinski definition) is 2. The fraction of sp³-hybridized carbons (Fsp3) is 0.538. The monoisotopic (exact) mass is 222 g/mol. The van der Waals surface area contributed by atoms with Gasteiger partial charge in [-0.05, 0) is 51.5 Å². The Balaban J connectivity index is 2.64. The highest BCUT2D eigenvalue weighted by molar-refractivity contribution is 5.52. The van der Waals surface area contributed by atoms with E-state index in [9.17, 15) is 5.11 Å². The number of nitrogens with two attached hydrogens (primary N) is 1. The first kappa shape index (κ1) is 12.8. The third kappa shape index (κ3) is 4.11. The van der Waals surface area contributed by atoms with Crippen LogP contribution in [-0.2, 0) is 0 Å². The number of hydrogen-bond acceptors (Lipinski definition) is 3. The van der Waals surface area contributed by atoms with E-state index in [1.807, 2.05) is 38.1 Å². The summed E-state index contributed by atoms with van der Waals surface area (Å²) in [7, 11) is 0. The Bertz CT molecular complexity index is 314. The minimum atomic E-state index is -0.610. The highest BCUT2D eigenvalue weighted by Crippen LogP contribution is 2.18. The summed E-state index contributed by atoms with van der Waals surface area (Å²) in [6.45, 7) is 7.57. The van der Waals surface area contributed by atoms with Gasteiger partial charge >= 0.3 is 0 Å². The van der Waals surface area contributed by atoms with E-state index in [4.69, 9.17) is 5.73 Å². The summed E-state index contributed by atoms with van der Waals surface area (Å²) in [6, 6.07) is 7.84. The predicted molar refractivity (Wildman–Crippen MR) is 69.7 cm³/mol. The number of benzene rings is 1. The summed E-state index contributed by atoms with van der Waals surface area (Å²) in [5.41, 5.74) is 6.98. The third-order valence-electron chi connectivity index (χ3n) is 2.63. The molecule has 1 aromatic carbocycles. The highest BCUT2D eigenvalue weighted by atomic mass is 16.3. The molecule has 0 saturated heterocycles. The first-order chi connectivity index (χ1) is 7.42. The maximum atomic E-state index is 9.71. The molecule has 0 spiro atoms. The lowest BCUT2D eigenvalue weighted by Gasteiger charge is -2.27. The molecule has 3 heteroatoms. The highest BCUT2D eigenvalue weighted by Gasteiger charge is 2.14. The fourth-order valence-corrected chi connectivity index (χ4v) is 1.56. The maximum Gasteiger partial charge on any atom is 0.0608 e. The lowest BCUT2D eigenvalue weighted by molar-refractivity contribution is 0.0731. The van der Waals surface area contributed by atoms with Gasteiger partial charge in [-0.2, -0.15) is 0 Å².